The smallest absolute Gasteiger partial charge is 0.227 e. The van der Waals surface area contributed by atoms with Gasteiger partial charge in [-0.15, -0.1) is 11.8 Å². The van der Waals surface area contributed by atoms with Crippen LogP contribution in [0.5, 0.6) is 0 Å². The molecule has 26 heavy (non-hydrogen) atoms. The topological polar surface area (TPSA) is 68.0 Å². The van der Waals surface area contributed by atoms with E-state index >= 15 is 0 Å². The number of hydrogen-bond acceptors (Lipinski definition) is 5. The summed E-state index contributed by atoms with van der Waals surface area (Å²) in [4.78, 5) is 18.0. The third-order valence-corrected chi connectivity index (χ3v) is 5.48. The van der Waals surface area contributed by atoms with E-state index in [4.69, 9.17) is 4.52 Å². The van der Waals surface area contributed by atoms with E-state index in [2.05, 4.69) is 27.6 Å². The van der Waals surface area contributed by atoms with Crippen LogP contribution in [-0.4, -0.2) is 21.8 Å². The predicted octanol–water partition coefficient (Wildman–Crippen LogP) is 4.02. The maximum Gasteiger partial charge on any atom is 0.227 e. The summed E-state index contributed by atoms with van der Waals surface area (Å²) >= 11 is 1.85. The molecule has 132 valence electrons. The molecule has 1 N–H and O–H groups in total. The lowest BCUT2D eigenvalue weighted by molar-refractivity contribution is -0.121. The standard InChI is InChI=1S/C20H19N3O2S/c24-18(21-16-12-13-26-17-9-5-4-8-15(16)17)10-11-19-22-20(23-25-19)14-6-2-1-3-7-14/h1-9,16H,10-13H2,(H,21,24). The van der Waals surface area contributed by atoms with Gasteiger partial charge in [0.05, 0.1) is 6.04 Å². The number of aromatic nitrogens is 2. The molecule has 1 aliphatic heterocycles. The van der Waals surface area contributed by atoms with E-state index in [1.54, 1.807) is 0 Å². The number of nitrogens with one attached hydrogen (secondary N) is 1. The van der Waals surface area contributed by atoms with Crippen LogP contribution in [0.1, 0.15) is 30.3 Å². The van der Waals surface area contributed by atoms with Crippen LogP contribution in [0, 0.1) is 0 Å². The number of carbonyl (C=O) groups excluding carboxylic acids is 1. The molecule has 1 unspecified atom stereocenters. The van der Waals surface area contributed by atoms with Gasteiger partial charge in [0, 0.05) is 29.1 Å². The fraction of sp³-hybridized carbons (Fsp3) is 0.250. The number of benzene rings is 2. The number of nitrogens with zero attached hydrogens (tertiary/aromatic N) is 2. The Kier molecular flexibility index (Phi) is 5.02. The third-order valence-electron chi connectivity index (χ3n) is 4.36. The van der Waals surface area contributed by atoms with Gasteiger partial charge in [-0.2, -0.15) is 4.98 Å². The number of thioether (sulfide) groups is 1. The molecule has 6 heteroatoms. The number of rotatable bonds is 5. The Morgan fingerprint density at radius 3 is 2.85 bits per heavy atom. The summed E-state index contributed by atoms with van der Waals surface area (Å²) in [5.41, 5.74) is 2.12. The zero-order chi connectivity index (χ0) is 17.8. The molecule has 0 radical (unpaired) electrons. The molecule has 0 saturated heterocycles. The Bertz CT molecular complexity index is 895. The number of fused-ring (bicyclic) bond motifs is 1. The second-order valence-corrected chi connectivity index (χ2v) is 7.31. The minimum atomic E-state index is 0.0103. The Hall–Kier alpha value is -2.60. The quantitative estimate of drug-likeness (QED) is 0.739. The number of amides is 1. The highest BCUT2D eigenvalue weighted by Crippen LogP contribution is 2.35. The fourth-order valence-electron chi connectivity index (χ4n) is 3.04. The molecule has 1 aliphatic rings. The van der Waals surface area contributed by atoms with E-state index in [9.17, 15) is 4.79 Å². The molecule has 2 aromatic carbocycles. The van der Waals surface area contributed by atoms with Crippen molar-refractivity contribution in [3.63, 3.8) is 0 Å². The first-order chi connectivity index (χ1) is 12.8. The normalized spacial score (nSPS) is 16.1. The van der Waals surface area contributed by atoms with Crippen molar-refractivity contribution in [2.24, 2.45) is 0 Å². The number of carbonyl (C=O) groups is 1. The summed E-state index contributed by atoms with van der Waals surface area (Å²) in [6.07, 6.45) is 1.73. The molecule has 4 rings (SSSR count). The zero-order valence-electron chi connectivity index (χ0n) is 14.2. The molecule has 0 bridgehead atoms. The first-order valence-electron chi connectivity index (χ1n) is 8.69. The van der Waals surface area contributed by atoms with Gasteiger partial charge in [0.15, 0.2) is 0 Å². The molecule has 1 atom stereocenters. The largest absolute Gasteiger partial charge is 0.349 e. The molecule has 1 aromatic heterocycles. The Morgan fingerprint density at radius 2 is 1.96 bits per heavy atom. The molecule has 3 aromatic rings. The molecular formula is C20H19N3O2S. The third kappa shape index (κ3) is 3.80. The number of hydrogen-bond donors (Lipinski definition) is 1. The second-order valence-electron chi connectivity index (χ2n) is 6.17. The second kappa shape index (κ2) is 7.74. The van der Waals surface area contributed by atoms with E-state index < -0.39 is 0 Å². The lowest BCUT2D eigenvalue weighted by atomic mass is 10.0. The van der Waals surface area contributed by atoms with Crippen molar-refractivity contribution in [1.82, 2.24) is 15.5 Å². The molecule has 5 nitrogen and oxygen atoms in total. The average molecular weight is 365 g/mol. The van der Waals surface area contributed by atoms with E-state index in [-0.39, 0.29) is 11.9 Å². The summed E-state index contributed by atoms with van der Waals surface area (Å²) in [5, 5.41) is 7.13. The fourth-order valence-corrected chi connectivity index (χ4v) is 4.17. The van der Waals surface area contributed by atoms with Gasteiger partial charge in [-0.05, 0) is 18.1 Å². The molecule has 0 aliphatic carbocycles. The summed E-state index contributed by atoms with van der Waals surface area (Å²) in [7, 11) is 0. The SMILES string of the molecule is O=C(CCc1nc(-c2ccccc2)no1)NC1CCSc2ccccc21. The first kappa shape index (κ1) is 16.8. The van der Waals surface area contributed by atoms with Crippen LogP contribution in [-0.2, 0) is 11.2 Å². The van der Waals surface area contributed by atoms with E-state index in [0.717, 1.165) is 17.7 Å². The van der Waals surface area contributed by atoms with Gasteiger partial charge in [0.1, 0.15) is 0 Å². The van der Waals surface area contributed by atoms with Crippen LogP contribution in [0.4, 0.5) is 0 Å². The van der Waals surface area contributed by atoms with Crippen LogP contribution in [0.15, 0.2) is 64.0 Å². The molecule has 0 spiro atoms. The maximum atomic E-state index is 12.4. The van der Waals surface area contributed by atoms with Crippen molar-refractivity contribution in [2.75, 3.05) is 5.75 Å². The van der Waals surface area contributed by atoms with Gasteiger partial charge < -0.3 is 9.84 Å². The monoisotopic (exact) mass is 365 g/mol. The lowest BCUT2D eigenvalue weighted by Gasteiger charge is -2.25. The van der Waals surface area contributed by atoms with Crippen LogP contribution in [0.3, 0.4) is 0 Å². The van der Waals surface area contributed by atoms with E-state index in [0.29, 0.717) is 24.6 Å². The summed E-state index contributed by atoms with van der Waals surface area (Å²) in [6.45, 7) is 0. The van der Waals surface area contributed by atoms with Crippen LogP contribution >= 0.6 is 11.8 Å². The summed E-state index contributed by atoms with van der Waals surface area (Å²) in [6, 6.07) is 18.0. The zero-order valence-corrected chi connectivity index (χ0v) is 15.0. The highest BCUT2D eigenvalue weighted by Gasteiger charge is 2.22. The van der Waals surface area contributed by atoms with Crippen molar-refractivity contribution >= 4 is 17.7 Å². The summed E-state index contributed by atoms with van der Waals surface area (Å²) in [5.74, 6) is 2.07. The first-order valence-corrected chi connectivity index (χ1v) is 9.67. The van der Waals surface area contributed by atoms with Gasteiger partial charge >= 0.3 is 0 Å². The number of aryl methyl sites for hydroxylation is 1. The highest BCUT2D eigenvalue weighted by molar-refractivity contribution is 7.99. The van der Waals surface area contributed by atoms with Crippen molar-refractivity contribution < 1.29 is 9.32 Å². The van der Waals surface area contributed by atoms with E-state index in [1.165, 1.54) is 10.5 Å². The van der Waals surface area contributed by atoms with Gasteiger partial charge in [-0.25, -0.2) is 0 Å². The van der Waals surface area contributed by atoms with Crippen LogP contribution in [0.25, 0.3) is 11.4 Å². The average Bonchev–Trinajstić information content (AvgIpc) is 3.17. The molecule has 0 fully saturated rings. The van der Waals surface area contributed by atoms with E-state index in [1.807, 2.05) is 54.2 Å². The Balaban J connectivity index is 1.35. The molecule has 0 saturated carbocycles. The van der Waals surface area contributed by atoms with Crippen molar-refractivity contribution in [2.45, 2.75) is 30.2 Å². The van der Waals surface area contributed by atoms with Gasteiger partial charge in [0.25, 0.3) is 0 Å². The van der Waals surface area contributed by atoms with Crippen LogP contribution < -0.4 is 5.32 Å². The molecule has 2 heterocycles. The van der Waals surface area contributed by atoms with Crippen molar-refractivity contribution in [3.8, 4) is 11.4 Å². The highest BCUT2D eigenvalue weighted by atomic mass is 32.2. The summed E-state index contributed by atoms with van der Waals surface area (Å²) < 4.78 is 5.27. The molecular weight excluding hydrogens is 346 g/mol. The van der Waals surface area contributed by atoms with Gasteiger partial charge in [-0.1, -0.05) is 53.7 Å². The maximum absolute atomic E-state index is 12.4. The van der Waals surface area contributed by atoms with Crippen molar-refractivity contribution in [3.05, 3.63) is 66.1 Å². The van der Waals surface area contributed by atoms with Crippen molar-refractivity contribution in [1.29, 1.82) is 0 Å². The van der Waals surface area contributed by atoms with Gasteiger partial charge in [0.2, 0.25) is 17.6 Å². The lowest BCUT2D eigenvalue weighted by Crippen LogP contribution is -2.30. The Labute approximate surface area is 156 Å². The Morgan fingerprint density at radius 1 is 1.15 bits per heavy atom. The predicted molar refractivity (Wildman–Crippen MR) is 101 cm³/mol. The molecule has 1 amide bonds. The van der Waals surface area contributed by atoms with Gasteiger partial charge in [-0.3, -0.25) is 4.79 Å². The minimum absolute atomic E-state index is 0.0103. The van der Waals surface area contributed by atoms with Crippen LogP contribution in [0.2, 0.25) is 0 Å². The minimum Gasteiger partial charge on any atom is -0.349 e.